The Morgan fingerprint density at radius 2 is 1.73 bits per heavy atom. The summed E-state index contributed by atoms with van der Waals surface area (Å²) < 4.78 is 0. The second kappa shape index (κ2) is 6.84. The molecule has 0 aliphatic heterocycles. The molecule has 3 nitrogen and oxygen atoms in total. The van der Waals surface area contributed by atoms with E-state index in [0.717, 1.165) is 25.9 Å². The molecule has 0 radical (unpaired) electrons. The number of hydrazine groups is 1. The Morgan fingerprint density at radius 1 is 1.27 bits per heavy atom. The molecule has 0 bridgehead atoms. The van der Waals surface area contributed by atoms with Crippen LogP contribution in [0.5, 0.6) is 0 Å². The molecular formula is C12H25N3. The zero-order valence-corrected chi connectivity index (χ0v) is 10.5. The zero-order valence-electron chi connectivity index (χ0n) is 10.5. The molecular weight excluding hydrogens is 186 g/mol. The van der Waals surface area contributed by atoms with Crippen LogP contribution in [0.3, 0.4) is 0 Å². The Kier molecular flexibility index (Phi) is 6.58. The SMILES string of the molecule is C#CC(NN)C(CC)(CC)N(CC)CC. The first-order chi connectivity index (χ1) is 7.16. The van der Waals surface area contributed by atoms with Crippen molar-refractivity contribution in [2.24, 2.45) is 5.84 Å². The third-order valence-electron chi connectivity index (χ3n) is 3.49. The first-order valence-electron chi connectivity index (χ1n) is 5.83. The molecule has 0 spiro atoms. The fourth-order valence-electron chi connectivity index (χ4n) is 2.50. The van der Waals surface area contributed by atoms with Crippen LogP contribution in [0, 0.1) is 12.3 Å². The van der Waals surface area contributed by atoms with Crippen molar-refractivity contribution in [3.8, 4) is 12.3 Å². The Bertz CT molecular complexity index is 199. The highest BCUT2D eigenvalue weighted by molar-refractivity contribution is 5.12. The molecule has 3 heteroatoms. The van der Waals surface area contributed by atoms with E-state index >= 15 is 0 Å². The molecule has 15 heavy (non-hydrogen) atoms. The predicted molar refractivity (Wildman–Crippen MR) is 66.2 cm³/mol. The molecule has 0 saturated carbocycles. The molecule has 0 fully saturated rings. The van der Waals surface area contributed by atoms with Gasteiger partial charge in [-0.3, -0.25) is 10.7 Å². The highest BCUT2D eigenvalue weighted by atomic mass is 15.3. The van der Waals surface area contributed by atoms with E-state index in [4.69, 9.17) is 12.3 Å². The summed E-state index contributed by atoms with van der Waals surface area (Å²) in [5.41, 5.74) is 2.74. The van der Waals surface area contributed by atoms with E-state index in [-0.39, 0.29) is 11.6 Å². The van der Waals surface area contributed by atoms with E-state index in [9.17, 15) is 0 Å². The smallest absolute Gasteiger partial charge is 0.0997 e. The van der Waals surface area contributed by atoms with E-state index in [2.05, 4.69) is 43.9 Å². The van der Waals surface area contributed by atoms with Gasteiger partial charge in [-0.1, -0.05) is 33.6 Å². The Labute approximate surface area is 94.4 Å². The number of nitrogens with two attached hydrogens (primary N) is 1. The van der Waals surface area contributed by atoms with Crippen LogP contribution in [-0.4, -0.2) is 29.6 Å². The third-order valence-corrected chi connectivity index (χ3v) is 3.49. The van der Waals surface area contributed by atoms with Gasteiger partial charge in [-0.15, -0.1) is 6.42 Å². The van der Waals surface area contributed by atoms with Crippen molar-refractivity contribution >= 4 is 0 Å². The summed E-state index contributed by atoms with van der Waals surface area (Å²) in [6, 6.07) is -0.0904. The van der Waals surface area contributed by atoms with E-state index in [0.29, 0.717) is 0 Å². The van der Waals surface area contributed by atoms with Crippen molar-refractivity contribution in [3.63, 3.8) is 0 Å². The van der Waals surface area contributed by atoms with Crippen molar-refractivity contribution in [1.29, 1.82) is 0 Å². The van der Waals surface area contributed by atoms with E-state index in [1.54, 1.807) is 0 Å². The minimum Gasteiger partial charge on any atom is -0.296 e. The second-order valence-corrected chi connectivity index (χ2v) is 3.75. The second-order valence-electron chi connectivity index (χ2n) is 3.75. The van der Waals surface area contributed by atoms with Crippen LogP contribution in [-0.2, 0) is 0 Å². The molecule has 0 aromatic rings. The largest absolute Gasteiger partial charge is 0.296 e. The van der Waals surface area contributed by atoms with Crippen LogP contribution >= 0.6 is 0 Å². The zero-order chi connectivity index (χ0) is 11.9. The van der Waals surface area contributed by atoms with Crippen molar-refractivity contribution < 1.29 is 0 Å². The average Bonchev–Trinajstić information content (AvgIpc) is 2.29. The quantitative estimate of drug-likeness (QED) is 0.379. The highest BCUT2D eigenvalue weighted by Crippen LogP contribution is 2.27. The minimum atomic E-state index is -0.0904. The summed E-state index contributed by atoms with van der Waals surface area (Å²) in [7, 11) is 0. The number of nitrogens with one attached hydrogen (secondary N) is 1. The van der Waals surface area contributed by atoms with Crippen molar-refractivity contribution in [3.05, 3.63) is 0 Å². The van der Waals surface area contributed by atoms with E-state index in [1.165, 1.54) is 0 Å². The predicted octanol–water partition coefficient (Wildman–Crippen LogP) is 1.35. The van der Waals surface area contributed by atoms with Gasteiger partial charge in [0, 0.05) is 5.54 Å². The normalized spacial score (nSPS) is 13.9. The van der Waals surface area contributed by atoms with Crippen molar-refractivity contribution in [2.75, 3.05) is 13.1 Å². The maximum Gasteiger partial charge on any atom is 0.0997 e. The molecule has 0 aliphatic rings. The minimum absolute atomic E-state index is 0.0208. The maximum atomic E-state index is 5.55. The van der Waals surface area contributed by atoms with Gasteiger partial charge in [-0.25, -0.2) is 5.43 Å². The standard InChI is InChI=1S/C12H25N3/c1-6-11(14-13)12(7-2,8-3)15(9-4)10-5/h1,11,14H,7-10,13H2,2-5H3. The lowest BCUT2D eigenvalue weighted by atomic mass is 9.83. The highest BCUT2D eigenvalue weighted by Gasteiger charge is 2.38. The number of hydrogen-bond acceptors (Lipinski definition) is 3. The monoisotopic (exact) mass is 211 g/mol. The Balaban J connectivity index is 5.09. The van der Waals surface area contributed by atoms with Gasteiger partial charge in [0.05, 0.1) is 6.04 Å². The molecule has 0 rings (SSSR count). The lowest BCUT2D eigenvalue weighted by Crippen LogP contribution is -2.61. The van der Waals surface area contributed by atoms with Gasteiger partial charge in [0.25, 0.3) is 0 Å². The van der Waals surface area contributed by atoms with Crippen LogP contribution in [0.2, 0.25) is 0 Å². The number of likely N-dealkylation sites (N-methyl/N-ethyl adjacent to an activating group) is 1. The average molecular weight is 211 g/mol. The molecule has 0 aromatic carbocycles. The summed E-state index contributed by atoms with van der Waals surface area (Å²) in [6.45, 7) is 10.7. The number of terminal acetylenes is 1. The van der Waals surface area contributed by atoms with Gasteiger partial charge >= 0.3 is 0 Å². The topological polar surface area (TPSA) is 41.3 Å². The van der Waals surface area contributed by atoms with Crippen LogP contribution < -0.4 is 11.3 Å². The number of nitrogens with zero attached hydrogens (tertiary/aromatic N) is 1. The van der Waals surface area contributed by atoms with E-state index < -0.39 is 0 Å². The molecule has 0 aliphatic carbocycles. The van der Waals surface area contributed by atoms with Gasteiger partial charge in [0.15, 0.2) is 0 Å². The maximum absolute atomic E-state index is 5.55. The lowest BCUT2D eigenvalue weighted by molar-refractivity contribution is 0.0679. The summed E-state index contributed by atoms with van der Waals surface area (Å²) in [4.78, 5) is 2.40. The first kappa shape index (κ1) is 14.4. The van der Waals surface area contributed by atoms with Gasteiger partial charge in [0.2, 0.25) is 0 Å². The Hall–Kier alpha value is -0.560. The van der Waals surface area contributed by atoms with Crippen molar-refractivity contribution in [2.45, 2.75) is 52.1 Å². The van der Waals surface area contributed by atoms with Gasteiger partial charge in [0.1, 0.15) is 0 Å². The molecule has 1 unspecified atom stereocenters. The van der Waals surface area contributed by atoms with Crippen LogP contribution in [0.15, 0.2) is 0 Å². The number of rotatable bonds is 7. The molecule has 1 atom stereocenters. The van der Waals surface area contributed by atoms with Crippen LogP contribution in [0.25, 0.3) is 0 Å². The van der Waals surface area contributed by atoms with Crippen LogP contribution in [0.1, 0.15) is 40.5 Å². The summed E-state index contributed by atoms with van der Waals surface area (Å²) in [5.74, 6) is 8.31. The fraction of sp³-hybridized carbons (Fsp3) is 0.833. The van der Waals surface area contributed by atoms with Crippen molar-refractivity contribution in [1.82, 2.24) is 10.3 Å². The van der Waals surface area contributed by atoms with Gasteiger partial charge < -0.3 is 0 Å². The first-order valence-corrected chi connectivity index (χ1v) is 5.83. The van der Waals surface area contributed by atoms with Gasteiger partial charge in [-0.2, -0.15) is 0 Å². The molecule has 0 heterocycles. The molecule has 0 saturated heterocycles. The molecule has 0 aromatic heterocycles. The summed E-state index contributed by atoms with van der Waals surface area (Å²) in [6.07, 6.45) is 7.56. The lowest BCUT2D eigenvalue weighted by Gasteiger charge is -2.45. The summed E-state index contributed by atoms with van der Waals surface area (Å²) >= 11 is 0. The fourth-order valence-corrected chi connectivity index (χ4v) is 2.50. The van der Waals surface area contributed by atoms with E-state index in [1.807, 2.05) is 0 Å². The summed E-state index contributed by atoms with van der Waals surface area (Å²) in [5, 5.41) is 0. The Morgan fingerprint density at radius 3 is 1.93 bits per heavy atom. The van der Waals surface area contributed by atoms with Gasteiger partial charge in [-0.05, 0) is 25.9 Å². The van der Waals surface area contributed by atoms with Crippen LogP contribution in [0.4, 0.5) is 0 Å². The molecule has 0 amide bonds. The third kappa shape index (κ3) is 2.72. The molecule has 3 N–H and O–H groups in total. The number of hydrogen-bond donors (Lipinski definition) is 2. The molecule has 88 valence electrons.